The van der Waals surface area contributed by atoms with E-state index in [2.05, 4.69) is 22.0 Å². The Morgan fingerprint density at radius 2 is 1.79 bits per heavy atom. The average Bonchev–Trinajstić information content (AvgIpc) is 2.73. The van der Waals surface area contributed by atoms with E-state index in [0.717, 1.165) is 15.6 Å². The van der Waals surface area contributed by atoms with Gasteiger partial charge >= 0.3 is 0 Å². The molecule has 0 atom stereocenters. The van der Waals surface area contributed by atoms with Gasteiger partial charge < -0.3 is 9.47 Å². The molecule has 5 heteroatoms. The summed E-state index contributed by atoms with van der Waals surface area (Å²) in [5.74, 6) is 1.24. The van der Waals surface area contributed by atoms with Crippen LogP contribution in [0.1, 0.15) is 23.6 Å². The lowest BCUT2D eigenvalue weighted by Gasteiger charge is -2.15. The van der Waals surface area contributed by atoms with Crippen molar-refractivity contribution in [3.05, 3.63) is 92.9 Å². The van der Waals surface area contributed by atoms with Gasteiger partial charge in [-0.05, 0) is 58.3 Å². The Kier molecular flexibility index (Phi) is 7.35. The lowest BCUT2D eigenvalue weighted by Crippen LogP contribution is -2.01. The van der Waals surface area contributed by atoms with Crippen LogP contribution in [0, 0.1) is 11.3 Å². The van der Waals surface area contributed by atoms with Crippen LogP contribution in [0.15, 0.2) is 71.2 Å². The fourth-order valence-corrected chi connectivity index (χ4v) is 3.63. The fourth-order valence-electron chi connectivity index (χ4n) is 2.82. The molecule has 3 nitrogen and oxygen atoms in total. The summed E-state index contributed by atoms with van der Waals surface area (Å²) < 4.78 is 12.6. The fraction of sp³-hybridized carbons (Fsp3) is 0.125. The molecule has 0 amide bonds. The first kappa shape index (κ1) is 21.0. The van der Waals surface area contributed by atoms with Crippen LogP contribution >= 0.6 is 27.5 Å². The number of rotatable bonds is 7. The summed E-state index contributed by atoms with van der Waals surface area (Å²) in [5, 5.41) is 10.2. The highest BCUT2D eigenvalue weighted by Gasteiger charge is 2.13. The standard InChI is InChI=1S/C24H19BrClNO2/c1-2-28-23-14-18(12-19(15-27)20-10-6-7-11-22(20)26)13-21(25)24(23)29-16-17-8-4-3-5-9-17/h3-14H,2,16H2,1H3. The number of halogens is 2. The van der Waals surface area contributed by atoms with Crippen LogP contribution in [-0.4, -0.2) is 6.61 Å². The van der Waals surface area contributed by atoms with Gasteiger partial charge in [0.05, 0.1) is 22.7 Å². The molecule has 0 spiro atoms. The average molecular weight is 469 g/mol. The molecule has 29 heavy (non-hydrogen) atoms. The van der Waals surface area contributed by atoms with Crippen LogP contribution in [0.4, 0.5) is 0 Å². The molecule has 3 aromatic rings. The third kappa shape index (κ3) is 5.41. The second-order valence-corrected chi connectivity index (χ2v) is 7.45. The smallest absolute Gasteiger partial charge is 0.175 e. The molecule has 146 valence electrons. The summed E-state index contributed by atoms with van der Waals surface area (Å²) in [5.41, 5.74) is 3.04. The van der Waals surface area contributed by atoms with E-state index in [9.17, 15) is 5.26 Å². The van der Waals surface area contributed by atoms with E-state index in [-0.39, 0.29) is 0 Å². The number of hydrogen-bond acceptors (Lipinski definition) is 3. The number of allylic oxidation sites excluding steroid dienone is 1. The monoisotopic (exact) mass is 467 g/mol. The van der Waals surface area contributed by atoms with Gasteiger partial charge in [0.25, 0.3) is 0 Å². The van der Waals surface area contributed by atoms with Crippen LogP contribution in [0.5, 0.6) is 11.5 Å². The largest absolute Gasteiger partial charge is 0.490 e. The molecule has 0 fully saturated rings. The molecular formula is C24H19BrClNO2. The van der Waals surface area contributed by atoms with E-state index in [1.807, 2.05) is 67.6 Å². The molecule has 0 saturated heterocycles. The second-order valence-electron chi connectivity index (χ2n) is 6.19. The van der Waals surface area contributed by atoms with Gasteiger partial charge in [-0.2, -0.15) is 5.26 Å². The van der Waals surface area contributed by atoms with Crippen LogP contribution in [0.25, 0.3) is 11.6 Å². The molecule has 0 N–H and O–H groups in total. The van der Waals surface area contributed by atoms with Gasteiger partial charge in [0.1, 0.15) is 6.61 Å². The molecule has 0 aromatic heterocycles. The zero-order chi connectivity index (χ0) is 20.6. The molecule has 0 aliphatic carbocycles. The lowest BCUT2D eigenvalue weighted by atomic mass is 10.0. The van der Waals surface area contributed by atoms with Crippen molar-refractivity contribution < 1.29 is 9.47 Å². The minimum atomic E-state index is 0.428. The van der Waals surface area contributed by atoms with E-state index in [1.165, 1.54) is 0 Å². The van der Waals surface area contributed by atoms with Crippen molar-refractivity contribution >= 4 is 39.2 Å². The summed E-state index contributed by atoms with van der Waals surface area (Å²) in [6.07, 6.45) is 1.79. The van der Waals surface area contributed by atoms with Crippen molar-refractivity contribution in [3.8, 4) is 17.6 Å². The normalized spacial score (nSPS) is 11.0. The first-order valence-electron chi connectivity index (χ1n) is 9.12. The molecule has 0 radical (unpaired) electrons. The molecule has 0 unspecified atom stereocenters. The number of nitrogens with zero attached hydrogens (tertiary/aromatic N) is 1. The topological polar surface area (TPSA) is 42.2 Å². The van der Waals surface area contributed by atoms with Gasteiger partial charge in [0.2, 0.25) is 0 Å². The van der Waals surface area contributed by atoms with Crippen molar-refractivity contribution in [3.63, 3.8) is 0 Å². The van der Waals surface area contributed by atoms with Crippen molar-refractivity contribution in [1.29, 1.82) is 5.26 Å². The van der Waals surface area contributed by atoms with Gasteiger partial charge in [0.15, 0.2) is 11.5 Å². The van der Waals surface area contributed by atoms with Gasteiger partial charge in [-0.3, -0.25) is 0 Å². The minimum Gasteiger partial charge on any atom is -0.490 e. The Hall–Kier alpha value is -2.74. The number of hydrogen-bond donors (Lipinski definition) is 0. The summed E-state index contributed by atoms with van der Waals surface area (Å²) in [6.45, 7) is 2.84. The maximum absolute atomic E-state index is 9.63. The summed E-state index contributed by atoms with van der Waals surface area (Å²) in [7, 11) is 0. The van der Waals surface area contributed by atoms with Gasteiger partial charge in [-0.25, -0.2) is 0 Å². The Balaban J connectivity index is 1.95. The number of ether oxygens (including phenoxy) is 2. The number of nitriles is 1. The van der Waals surface area contributed by atoms with Crippen molar-refractivity contribution in [2.45, 2.75) is 13.5 Å². The third-order valence-electron chi connectivity index (χ3n) is 4.15. The van der Waals surface area contributed by atoms with Crippen LogP contribution in [0.2, 0.25) is 5.02 Å². The van der Waals surface area contributed by atoms with Crippen molar-refractivity contribution in [2.75, 3.05) is 6.61 Å². The van der Waals surface area contributed by atoms with Crippen LogP contribution in [0.3, 0.4) is 0 Å². The predicted octanol–water partition coefficient (Wildman–Crippen LogP) is 7.14. The number of benzene rings is 3. The highest BCUT2D eigenvalue weighted by Crippen LogP contribution is 2.38. The highest BCUT2D eigenvalue weighted by atomic mass is 79.9. The molecule has 0 saturated carbocycles. The minimum absolute atomic E-state index is 0.428. The van der Waals surface area contributed by atoms with Gasteiger partial charge in [0, 0.05) is 10.6 Å². The zero-order valence-electron chi connectivity index (χ0n) is 15.9. The van der Waals surface area contributed by atoms with E-state index in [0.29, 0.717) is 40.9 Å². The Labute approximate surface area is 184 Å². The third-order valence-corrected chi connectivity index (χ3v) is 5.07. The van der Waals surface area contributed by atoms with Crippen LogP contribution < -0.4 is 9.47 Å². The molecule has 0 aliphatic rings. The summed E-state index contributed by atoms with van der Waals surface area (Å²) in [6, 6.07) is 23.2. The maximum atomic E-state index is 9.63. The quantitative estimate of drug-likeness (QED) is 0.273. The molecule has 0 aliphatic heterocycles. The van der Waals surface area contributed by atoms with E-state index >= 15 is 0 Å². The molecule has 3 rings (SSSR count). The summed E-state index contributed by atoms with van der Waals surface area (Å²) >= 11 is 9.84. The zero-order valence-corrected chi connectivity index (χ0v) is 18.2. The van der Waals surface area contributed by atoms with Crippen molar-refractivity contribution in [2.24, 2.45) is 0 Å². The predicted molar refractivity (Wildman–Crippen MR) is 121 cm³/mol. The van der Waals surface area contributed by atoms with E-state index < -0.39 is 0 Å². The van der Waals surface area contributed by atoms with E-state index in [4.69, 9.17) is 21.1 Å². The molecule has 3 aromatic carbocycles. The Bertz CT molecular complexity index is 1060. The van der Waals surface area contributed by atoms with Gasteiger partial charge in [-0.15, -0.1) is 0 Å². The van der Waals surface area contributed by atoms with E-state index in [1.54, 1.807) is 12.1 Å². The summed E-state index contributed by atoms with van der Waals surface area (Å²) in [4.78, 5) is 0. The van der Waals surface area contributed by atoms with Crippen molar-refractivity contribution in [1.82, 2.24) is 0 Å². The first-order chi connectivity index (χ1) is 14.1. The van der Waals surface area contributed by atoms with Crippen LogP contribution in [-0.2, 0) is 6.61 Å². The van der Waals surface area contributed by atoms with Gasteiger partial charge in [-0.1, -0.05) is 60.1 Å². The molecule has 0 heterocycles. The Morgan fingerprint density at radius 3 is 2.48 bits per heavy atom. The second kappa shape index (κ2) is 10.2. The molecular weight excluding hydrogens is 450 g/mol. The SMILES string of the molecule is CCOc1cc(C=C(C#N)c2ccccc2Cl)cc(Br)c1OCc1ccccc1. The molecule has 0 bridgehead atoms. The Morgan fingerprint density at radius 1 is 1.07 bits per heavy atom. The lowest BCUT2D eigenvalue weighted by molar-refractivity contribution is 0.267. The first-order valence-corrected chi connectivity index (χ1v) is 10.3. The maximum Gasteiger partial charge on any atom is 0.175 e. The highest BCUT2D eigenvalue weighted by molar-refractivity contribution is 9.10.